The van der Waals surface area contributed by atoms with Gasteiger partial charge >= 0.3 is 0 Å². The van der Waals surface area contributed by atoms with Crippen LogP contribution in [0.15, 0.2) is 90.2 Å². The molecule has 4 amide bonds. The first-order valence-electron chi connectivity index (χ1n) is 21.6. The summed E-state index contributed by atoms with van der Waals surface area (Å²) in [7, 11) is 3.47. The number of aliphatic hydroxyl groups is 4. The lowest BCUT2D eigenvalue weighted by Crippen LogP contribution is -2.60. The van der Waals surface area contributed by atoms with Gasteiger partial charge < -0.3 is 70.4 Å². The Morgan fingerprint density at radius 2 is 1.48 bits per heavy atom. The number of piperidine rings is 1. The van der Waals surface area contributed by atoms with Crippen LogP contribution >= 0.6 is 0 Å². The molecule has 0 saturated carbocycles. The van der Waals surface area contributed by atoms with E-state index in [1.165, 1.54) is 12.1 Å². The summed E-state index contributed by atoms with van der Waals surface area (Å²) in [4.78, 5) is 59.4. The minimum absolute atomic E-state index is 0.0101. The monoisotopic (exact) mass is 904 g/mol. The molecule has 5 aromatic rings. The number of anilines is 4. The molecule has 2 saturated heterocycles. The van der Waals surface area contributed by atoms with Crippen LogP contribution in [-0.4, -0.2) is 121 Å². The summed E-state index contributed by atoms with van der Waals surface area (Å²) in [6.07, 6.45) is 0.254. The first-order valence-corrected chi connectivity index (χ1v) is 21.6. The van der Waals surface area contributed by atoms with Gasteiger partial charge in [-0.2, -0.15) is 0 Å². The molecule has 0 bridgehead atoms. The SMILES string of the molecule is Cn1cc(NC(=O)CCCOc2cc3c(cc2O[C@@H]2O[C@H](CO)[C@@H](O)[C@H](O)[C@H]2O)C(=O)N2CCCC[C@H]2C=N3)cc1C(=O)Nc1ccc(-c2cc(C(=O)Nc3ccc(N)cc3)n(C)c2)cc1. The molecular weight excluding hydrogens is 853 g/mol. The number of hydrogen-bond donors (Lipinski definition) is 8. The van der Waals surface area contributed by atoms with Crippen molar-refractivity contribution >= 4 is 58.3 Å². The Balaban J connectivity index is 0.867. The van der Waals surface area contributed by atoms with Gasteiger partial charge in [0.25, 0.3) is 17.7 Å². The lowest BCUT2D eigenvalue weighted by Gasteiger charge is -2.39. The topological polar surface area (TPSA) is 264 Å². The standard InChI is InChI=1S/C47H52N8O11/c1-53-23-27(18-35(53)44(61)52-30-14-10-28(48)11-15-30)26-8-12-29(13-9-26)51-45(62)36-19-31(24-54(36)2)50-40(57)7-5-17-64-37-21-34-33(46(63)55-16-4-3-6-32(55)22-49-34)20-38(37)65-47-43(60)42(59)41(58)39(25-56)66-47/h8-15,18-24,32,39,41-43,47,56,58-60H,3-7,16-17,25,48H2,1-2H3,(H,50,57)(H,51,62)(H,52,61)/t32-,39+,41+,42-,43+,47+/m0/s1. The van der Waals surface area contributed by atoms with E-state index >= 15 is 0 Å². The number of aromatic nitrogens is 2. The summed E-state index contributed by atoms with van der Waals surface area (Å²) in [6.45, 7) is -0.0958. The van der Waals surface area contributed by atoms with Crippen molar-refractivity contribution in [3.8, 4) is 22.6 Å². The third-order valence-electron chi connectivity index (χ3n) is 11.8. The number of fused-ring (bicyclic) bond motifs is 2. The number of carbonyl (C=O) groups excluding carboxylic acids is 4. The zero-order valence-corrected chi connectivity index (χ0v) is 36.3. The number of nitrogen functional groups attached to an aromatic ring is 1. The van der Waals surface area contributed by atoms with Crippen LogP contribution in [0.25, 0.3) is 11.1 Å². The molecule has 6 atom stereocenters. The second kappa shape index (κ2) is 19.6. The highest BCUT2D eigenvalue weighted by Gasteiger charge is 2.45. The Bertz CT molecular complexity index is 2620. The highest BCUT2D eigenvalue weighted by atomic mass is 16.7. The van der Waals surface area contributed by atoms with Gasteiger partial charge in [0, 0.05) is 74.4 Å². The molecule has 0 aliphatic carbocycles. The molecule has 3 aliphatic heterocycles. The maximum atomic E-state index is 13.7. The van der Waals surface area contributed by atoms with E-state index in [1.54, 1.807) is 89.1 Å². The van der Waals surface area contributed by atoms with E-state index in [-0.39, 0.29) is 60.3 Å². The van der Waals surface area contributed by atoms with Crippen molar-refractivity contribution in [2.45, 2.75) is 68.9 Å². The average molecular weight is 905 g/mol. The maximum Gasteiger partial charge on any atom is 0.272 e. The summed E-state index contributed by atoms with van der Waals surface area (Å²) in [5.74, 6) is -1.17. The van der Waals surface area contributed by atoms with E-state index in [9.17, 15) is 39.6 Å². The quantitative estimate of drug-likeness (QED) is 0.0585. The van der Waals surface area contributed by atoms with Gasteiger partial charge in [-0.25, -0.2) is 0 Å². The number of carbonyl (C=O) groups is 4. The molecular formula is C47H52N8O11. The fraction of sp³-hybridized carbons (Fsp3) is 0.340. The molecule has 8 rings (SSSR count). The minimum atomic E-state index is -1.71. The molecule has 3 aliphatic rings. The first kappa shape index (κ1) is 45.5. The summed E-state index contributed by atoms with van der Waals surface area (Å²) in [6, 6.07) is 20.2. The van der Waals surface area contributed by atoms with Gasteiger partial charge in [-0.15, -0.1) is 0 Å². The van der Waals surface area contributed by atoms with Crippen LogP contribution in [0, 0.1) is 0 Å². The Morgan fingerprint density at radius 3 is 2.20 bits per heavy atom. The normalized spacial score (nSPS) is 21.3. The fourth-order valence-corrected chi connectivity index (χ4v) is 8.16. The number of aryl methyl sites for hydroxylation is 2. The number of nitrogens with zero attached hydrogens (tertiary/aromatic N) is 4. The largest absolute Gasteiger partial charge is 0.490 e. The summed E-state index contributed by atoms with van der Waals surface area (Å²) in [5.41, 5.74) is 10.9. The van der Waals surface area contributed by atoms with Crippen LogP contribution in [0.3, 0.4) is 0 Å². The van der Waals surface area contributed by atoms with E-state index in [0.29, 0.717) is 46.4 Å². The van der Waals surface area contributed by atoms with E-state index < -0.39 is 43.2 Å². The molecule has 0 spiro atoms. The maximum absolute atomic E-state index is 13.7. The van der Waals surface area contributed by atoms with Crippen LogP contribution in [0.2, 0.25) is 0 Å². The Kier molecular flexibility index (Phi) is 13.5. The van der Waals surface area contributed by atoms with Gasteiger partial charge in [0.2, 0.25) is 12.2 Å². The second-order valence-corrected chi connectivity index (χ2v) is 16.5. The molecule has 0 radical (unpaired) electrons. The predicted octanol–water partition coefficient (Wildman–Crippen LogP) is 3.80. The van der Waals surface area contributed by atoms with Crippen molar-refractivity contribution in [1.82, 2.24) is 14.0 Å². The lowest BCUT2D eigenvalue weighted by molar-refractivity contribution is -0.277. The van der Waals surface area contributed by atoms with Crippen LogP contribution in [0.4, 0.5) is 28.4 Å². The highest BCUT2D eigenvalue weighted by molar-refractivity contribution is 6.06. The molecule has 2 aromatic heterocycles. The van der Waals surface area contributed by atoms with Crippen molar-refractivity contribution < 1.29 is 53.8 Å². The van der Waals surface area contributed by atoms with Crippen LogP contribution in [0.1, 0.15) is 63.4 Å². The summed E-state index contributed by atoms with van der Waals surface area (Å²) in [5, 5.41) is 49.7. The van der Waals surface area contributed by atoms with Crippen molar-refractivity contribution in [3.63, 3.8) is 0 Å². The molecule has 3 aromatic carbocycles. The summed E-state index contributed by atoms with van der Waals surface area (Å²) >= 11 is 0. The predicted molar refractivity (Wildman–Crippen MR) is 244 cm³/mol. The number of nitrogens with two attached hydrogens (primary N) is 1. The molecule has 346 valence electrons. The molecule has 19 heteroatoms. The number of aliphatic hydroxyl groups excluding tert-OH is 4. The molecule has 9 N–H and O–H groups in total. The number of hydrogen-bond acceptors (Lipinski definition) is 13. The van der Waals surface area contributed by atoms with Crippen molar-refractivity contribution in [2.24, 2.45) is 19.1 Å². The minimum Gasteiger partial charge on any atom is -0.490 e. The van der Waals surface area contributed by atoms with Gasteiger partial charge in [-0.1, -0.05) is 12.1 Å². The molecule has 5 heterocycles. The van der Waals surface area contributed by atoms with E-state index in [1.807, 2.05) is 18.3 Å². The van der Waals surface area contributed by atoms with Crippen LogP contribution in [-0.2, 0) is 23.6 Å². The number of ether oxygens (including phenoxy) is 3. The summed E-state index contributed by atoms with van der Waals surface area (Å²) < 4.78 is 21.0. The zero-order chi connectivity index (χ0) is 46.6. The van der Waals surface area contributed by atoms with Gasteiger partial charge in [0.1, 0.15) is 35.8 Å². The van der Waals surface area contributed by atoms with Gasteiger partial charge in [0.15, 0.2) is 11.5 Å². The number of aliphatic imine (C=N–C) groups is 1. The van der Waals surface area contributed by atoms with E-state index in [2.05, 4.69) is 20.9 Å². The van der Waals surface area contributed by atoms with Gasteiger partial charge in [-0.3, -0.25) is 24.2 Å². The smallest absolute Gasteiger partial charge is 0.272 e. The van der Waals surface area contributed by atoms with Gasteiger partial charge in [0.05, 0.1) is 36.2 Å². The lowest BCUT2D eigenvalue weighted by atomic mass is 9.99. The average Bonchev–Trinajstić information content (AvgIpc) is 3.85. The fourth-order valence-electron chi connectivity index (χ4n) is 8.16. The van der Waals surface area contributed by atoms with E-state index in [0.717, 1.165) is 30.4 Å². The molecule has 2 fully saturated rings. The van der Waals surface area contributed by atoms with Crippen molar-refractivity contribution in [1.29, 1.82) is 0 Å². The zero-order valence-electron chi connectivity index (χ0n) is 36.3. The highest BCUT2D eigenvalue weighted by Crippen LogP contribution is 2.40. The van der Waals surface area contributed by atoms with Crippen molar-refractivity contribution in [2.75, 3.05) is 41.4 Å². The number of nitrogens with one attached hydrogen (secondary N) is 3. The number of rotatable bonds is 14. The number of benzene rings is 3. The van der Waals surface area contributed by atoms with Crippen molar-refractivity contribution in [3.05, 3.63) is 102 Å². The first-order chi connectivity index (χ1) is 31.8. The van der Waals surface area contributed by atoms with E-state index in [4.69, 9.17) is 19.9 Å². The Labute approximate surface area is 379 Å². The van der Waals surface area contributed by atoms with Crippen LogP contribution in [0.5, 0.6) is 11.5 Å². The Morgan fingerprint density at radius 1 is 0.803 bits per heavy atom. The third-order valence-corrected chi connectivity index (χ3v) is 11.8. The molecule has 0 unspecified atom stereocenters. The second-order valence-electron chi connectivity index (χ2n) is 16.5. The number of amides is 4. The molecule has 66 heavy (non-hydrogen) atoms. The van der Waals surface area contributed by atoms with Crippen LogP contribution < -0.4 is 31.2 Å². The van der Waals surface area contributed by atoms with Gasteiger partial charge in [-0.05, 0) is 85.8 Å². The third kappa shape index (κ3) is 9.94. The molecule has 19 nitrogen and oxygen atoms in total. The Hall–Kier alpha value is -7.03.